The Bertz CT molecular complexity index is 356. The van der Waals surface area contributed by atoms with E-state index in [9.17, 15) is 18.3 Å². The predicted octanol–water partition coefficient (Wildman–Crippen LogP) is -0.692. The van der Waals surface area contributed by atoms with Gasteiger partial charge in [-0.15, -0.1) is 0 Å². The maximum atomic E-state index is 10.8. The summed E-state index contributed by atoms with van der Waals surface area (Å²) in [7, 11) is -4.54. The molecule has 0 rings (SSSR count). The predicted molar refractivity (Wildman–Crippen MR) is 76.8 cm³/mol. The molecular formula is C14H27KO5S. The van der Waals surface area contributed by atoms with Gasteiger partial charge in [0.1, 0.15) is 5.25 Å². The zero-order valence-electron chi connectivity index (χ0n) is 13.3. The van der Waals surface area contributed by atoms with Crippen LogP contribution in [0.1, 0.15) is 77.6 Å². The molecule has 120 valence electrons. The third kappa shape index (κ3) is 14.3. The Balaban J connectivity index is 0. The molecular weight excluding hydrogens is 319 g/mol. The number of carboxylic acids is 1. The van der Waals surface area contributed by atoms with E-state index in [0.717, 1.165) is 19.3 Å². The van der Waals surface area contributed by atoms with Crippen LogP contribution in [0.4, 0.5) is 0 Å². The molecule has 1 atom stereocenters. The van der Waals surface area contributed by atoms with Gasteiger partial charge >= 0.3 is 51.4 Å². The van der Waals surface area contributed by atoms with Crippen LogP contribution in [0.15, 0.2) is 0 Å². The second-order valence-corrected chi connectivity index (χ2v) is 6.89. The summed E-state index contributed by atoms with van der Waals surface area (Å²) in [5.74, 6) is -1.72. The molecule has 0 heterocycles. The zero-order valence-corrected chi connectivity index (χ0v) is 17.3. The first kappa shape index (κ1) is 24.3. The summed E-state index contributed by atoms with van der Waals surface area (Å²) in [6.07, 6.45) is 10.8. The van der Waals surface area contributed by atoms with Crippen LogP contribution in [0, 0.1) is 0 Å². The van der Waals surface area contributed by atoms with Crippen LogP contribution in [0.25, 0.3) is 0 Å². The Morgan fingerprint density at radius 1 is 0.952 bits per heavy atom. The first-order valence-electron chi connectivity index (χ1n) is 7.56. The molecule has 0 aromatic carbocycles. The van der Waals surface area contributed by atoms with Crippen molar-refractivity contribution in [3.05, 3.63) is 0 Å². The van der Waals surface area contributed by atoms with Crippen molar-refractivity contribution in [2.45, 2.75) is 82.8 Å². The fourth-order valence-corrected chi connectivity index (χ4v) is 2.91. The van der Waals surface area contributed by atoms with E-state index in [0.29, 0.717) is 6.42 Å². The van der Waals surface area contributed by atoms with Gasteiger partial charge in [-0.3, -0.25) is 4.55 Å². The number of carbonyl (C=O) groups excluding carboxylic acids is 1. The third-order valence-corrected chi connectivity index (χ3v) is 4.59. The van der Waals surface area contributed by atoms with Gasteiger partial charge in [0.25, 0.3) is 10.1 Å². The van der Waals surface area contributed by atoms with Crippen LogP contribution in [0.3, 0.4) is 0 Å². The van der Waals surface area contributed by atoms with E-state index in [1.54, 1.807) is 0 Å². The minimum Gasteiger partial charge on any atom is -0.549 e. The number of aliphatic carboxylic acids is 1. The average Bonchev–Trinajstić information content (AvgIpc) is 2.34. The van der Waals surface area contributed by atoms with Gasteiger partial charge in [-0.25, -0.2) is 0 Å². The monoisotopic (exact) mass is 346 g/mol. The summed E-state index contributed by atoms with van der Waals surface area (Å²) in [6, 6.07) is 0. The second kappa shape index (κ2) is 14.6. The van der Waals surface area contributed by atoms with Gasteiger partial charge in [0.2, 0.25) is 0 Å². The topological polar surface area (TPSA) is 94.5 Å². The number of carbonyl (C=O) groups is 1. The van der Waals surface area contributed by atoms with Gasteiger partial charge in [-0.05, 0) is 6.42 Å². The van der Waals surface area contributed by atoms with E-state index < -0.39 is 21.3 Å². The molecule has 0 aliphatic heterocycles. The average molecular weight is 347 g/mol. The van der Waals surface area contributed by atoms with Crippen molar-refractivity contribution in [1.29, 1.82) is 0 Å². The maximum absolute atomic E-state index is 10.8. The fourth-order valence-electron chi connectivity index (χ4n) is 2.21. The van der Waals surface area contributed by atoms with E-state index in [2.05, 4.69) is 6.92 Å². The van der Waals surface area contributed by atoms with Crippen LogP contribution >= 0.6 is 0 Å². The minimum atomic E-state index is -4.54. The smallest absolute Gasteiger partial charge is 0.549 e. The molecule has 0 saturated heterocycles. The molecule has 0 fully saturated rings. The van der Waals surface area contributed by atoms with Gasteiger partial charge in [0, 0.05) is 0 Å². The second-order valence-electron chi connectivity index (χ2n) is 5.29. The summed E-state index contributed by atoms with van der Waals surface area (Å²) in [5, 5.41) is 8.81. The Morgan fingerprint density at radius 2 is 1.33 bits per heavy atom. The molecule has 0 spiro atoms. The number of hydrogen-bond donors (Lipinski definition) is 1. The maximum Gasteiger partial charge on any atom is 1.00 e. The van der Waals surface area contributed by atoms with Gasteiger partial charge in [0.15, 0.2) is 0 Å². The molecule has 0 amide bonds. The van der Waals surface area contributed by atoms with Crippen molar-refractivity contribution in [1.82, 2.24) is 0 Å². The Kier molecular flexibility index (Phi) is 16.9. The van der Waals surface area contributed by atoms with Gasteiger partial charge < -0.3 is 9.90 Å². The van der Waals surface area contributed by atoms with Gasteiger partial charge in [-0.1, -0.05) is 71.1 Å². The van der Waals surface area contributed by atoms with E-state index in [-0.39, 0.29) is 57.8 Å². The van der Waals surface area contributed by atoms with Crippen molar-refractivity contribution in [3.63, 3.8) is 0 Å². The Morgan fingerprint density at radius 3 is 1.67 bits per heavy atom. The van der Waals surface area contributed by atoms with Crippen LogP contribution in [0.5, 0.6) is 0 Å². The molecule has 1 unspecified atom stereocenters. The first-order valence-corrected chi connectivity index (χ1v) is 9.07. The number of rotatable bonds is 13. The van der Waals surface area contributed by atoms with Crippen molar-refractivity contribution < 1.29 is 74.3 Å². The minimum absolute atomic E-state index is 0. The summed E-state index contributed by atoms with van der Waals surface area (Å²) < 4.78 is 30.3. The summed E-state index contributed by atoms with van der Waals surface area (Å²) >= 11 is 0. The van der Waals surface area contributed by atoms with E-state index in [1.165, 1.54) is 38.5 Å². The van der Waals surface area contributed by atoms with E-state index in [4.69, 9.17) is 4.55 Å². The number of carboxylic acid groups (broad SMARTS) is 1. The molecule has 0 aromatic rings. The standard InChI is InChI=1S/C14H28O5S.K/c1-2-3-4-5-6-7-8-9-10-11-12-13(14(15)16)20(17,18)19;/h13H,2-12H2,1H3,(H,15,16)(H,17,18,19);/q;+1/p-1. The summed E-state index contributed by atoms with van der Waals surface area (Å²) in [5.41, 5.74) is 0. The van der Waals surface area contributed by atoms with Crippen LogP contribution in [-0.2, 0) is 14.9 Å². The molecule has 21 heavy (non-hydrogen) atoms. The third-order valence-electron chi connectivity index (χ3n) is 3.44. The van der Waals surface area contributed by atoms with Crippen molar-refractivity contribution in [3.8, 4) is 0 Å². The van der Waals surface area contributed by atoms with Crippen LogP contribution < -0.4 is 56.5 Å². The molecule has 0 aliphatic carbocycles. The van der Waals surface area contributed by atoms with Gasteiger partial charge in [0.05, 0.1) is 5.97 Å². The Labute approximate surface area is 171 Å². The molecule has 0 radical (unpaired) electrons. The summed E-state index contributed by atoms with van der Waals surface area (Å²) in [6.45, 7) is 2.19. The molecule has 0 saturated carbocycles. The molecule has 1 N–H and O–H groups in total. The van der Waals surface area contributed by atoms with Crippen molar-refractivity contribution >= 4 is 16.1 Å². The van der Waals surface area contributed by atoms with Gasteiger partial charge in [-0.2, -0.15) is 8.42 Å². The van der Waals surface area contributed by atoms with E-state index >= 15 is 0 Å². The van der Waals surface area contributed by atoms with Crippen LogP contribution in [-0.4, -0.2) is 24.2 Å². The van der Waals surface area contributed by atoms with E-state index in [1.807, 2.05) is 0 Å². The molecule has 0 aromatic heterocycles. The summed E-state index contributed by atoms with van der Waals surface area (Å²) in [4.78, 5) is 10.6. The zero-order chi connectivity index (χ0) is 15.4. The first-order chi connectivity index (χ1) is 9.39. The normalized spacial score (nSPS) is 12.7. The van der Waals surface area contributed by atoms with Crippen molar-refractivity contribution in [2.75, 3.05) is 0 Å². The SMILES string of the molecule is CCCCCCCCCCCCC(C(=O)[O-])S(=O)(=O)O.[K+]. The number of hydrogen-bond acceptors (Lipinski definition) is 4. The molecule has 7 heteroatoms. The molecule has 0 bridgehead atoms. The van der Waals surface area contributed by atoms with Crippen LogP contribution in [0.2, 0.25) is 0 Å². The molecule has 0 aliphatic rings. The number of unbranched alkanes of at least 4 members (excludes halogenated alkanes) is 9. The largest absolute Gasteiger partial charge is 1.00 e. The molecule has 5 nitrogen and oxygen atoms in total. The Hall–Kier alpha value is 1.02. The fraction of sp³-hybridized carbons (Fsp3) is 0.929. The van der Waals surface area contributed by atoms with Crippen molar-refractivity contribution in [2.24, 2.45) is 0 Å². The quantitative estimate of drug-likeness (QED) is 0.271.